The summed E-state index contributed by atoms with van der Waals surface area (Å²) in [7, 11) is 0. The first kappa shape index (κ1) is 10.9. The Morgan fingerprint density at radius 3 is 2.67 bits per heavy atom. The molecular weight excluding hydrogens is 258 g/mol. The van der Waals surface area contributed by atoms with Gasteiger partial charge in [-0.1, -0.05) is 15.9 Å². The van der Waals surface area contributed by atoms with Gasteiger partial charge in [-0.05, 0) is 24.3 Å². The minimum Gasteiger partial charge on any atom is -0.492 e. The number of ether oxygens (including phenoxy) is 2. The highest BCUT2D eigenvalue weighted by Crippen LogP contribution is 2.15. The molecular formula is C11H14BrNO2. The number of hydrogen-bond acceptors (Lipinski definition) is 3. The lowest BCUT2D eigenvalue weighted by Gasteiger charge is -2.26. The molecule has 1 N–H and O–H groups in total. The minimum absolute atomic E-state index is 0.526. The highest BCUT2D eigenvalue weighted by Gasteiger charge is 2.16. The maximum atomic E-state index is 5.56. The van der Waals surface area contributed by atoms with Gasteiger partial charge in [-0.25, -0.2) is 0 Å². The first-order valence-corrected chi connectivity index (χ1v) is 5.83. The molecule has 0 unspecified atom stereocenters. The van der Waals surface area contributed by atoms with Gasteiger partial charge in [-0.3, -0.25) is 0 Å². The fraction of sp³-hybridized carbons (Fsp3) is 0.455. The quantitative estimate of drug-likeness (QED) is 0.829. The Balaban J connectivity index is 1.62. The van der Waals surface area contributed by atoms with Gasteiger partial charge >= 0.3 is 0 Å². The molecule has 1 aliphatic rings. The van der Waals surface area contributed by atoms with E-state index in [-0.39, 0.29) is 0 Å². The molecule has 1 saturated heterocycles. The predicted octanol–water partition coefficient (Wildman–Crippen LogP) is 1.82. The van der Waals surface area contributed by atoms with Gasteiger partial charge in [-0.15, -0.1) is 0 Å². The molecule has 82 valence electrons. The third-order valence-corrected chi connectivity index (χ3v) is 2.78. The van der Waals surface area contributed by atoms with Gasteiger partial charge in [0.05, 0.1) is 19.3 Å². The fourth-order valence-electron chi connectivity index (χ4n) is 1.32. The van der Waals surface area contributed by atoms with Crippen LogP contribution >= 0.6 is 15.9 Å². The number of nitrogens with one attached hydrogen (secondary N) is 1. The van der Waals surface area contributed by atoms with E-state index in [2.05, 4.69) is 21.2 Å². The monoisotopic (exact) mass is 271 g/mol. The lowest BCUT2D eigenvalue weighted by atomic mass is 10.2. The van der Waals surface area contributed by atoms with Crippen molar-refractivity contribution >= 4 is 15.9 Å². The van der Waals surface area contributed by atoms with Gasteiger partial charge in [-0.2, -0.15) is 0 Å². The predicted molar refractivity (Wildman–Crippen MR) is 62.2 cm³/mol. The van der Waals surface area contributed by atoms with Crippen molar-refractivity contribution < 1.29 is 9.47 Å². The Hall–Kier alpha value is -0.580. The second-order valence-corrected chi connectivity index (χ2v) is 4.41. The van der Waals surface area contributed by atoms with E-state index in [1.54, 1.807) is 0 Å². The molecule has 1 aromatic carbocycles. The topological polar surface area (TPSA) is 30.5 Å². The molecule has 1 heterocycles. The summed E-state index contributed by atoms with van der Waals surface area (Å²) in [5, 5.41) is 3.34. The van der Waals surface area contributed by atoms with Crippen LogP contribution in [0.4, 0.5) is 0 Å². The van der Waals surface area contributed by atoms with Gasteiger partial charge in [0.1, 0.15) is 12.4 Å². The molecule has 4 heteroatoms. The Morgan fingerprint density at radius 2 is 2.07 bits per heavy atom. The zero-order valence-corrected chi connectivity index (χ0v) is 10.00. The van der Waals surface area contributed by atoms with Crippen LogP contribution in [0.25, 0.3) is 0 Å². The van der Waals surface area contributed by atoms with Crippen molar-refractivity contribution in [3.05, 3.63) is 28.7 Å². The van der Waals surface area contributed by atoms with E-state index in [0.717, 1.165) is 30.0 Å². The number of rotatable bonds is 5. The molecule has 1 aromatic rings. The van der Waals surface area contributed by atoms with Crippen molar-refractivity contribution in [2.75, 3.05) is 26.4 Å². The van der Waals surface area contributed by atoms with Crippen molar-refractivity contribution in [2.24, 2.45) is 0 Å². The normalized spacial score (nSPS) is 16.1. The van der Waals surface area contributed by atoms with E-state index < -0.39 is 0 Å². The van der Waals surface area contributed by atoms with E-state index in [1.165, 1.54) is 0 Å². The molecule has 0 aromatic heterocycles. The molecule has 15 heavy (non-hydrogen) atoms. The summed E-state index contributed by atoms with van der Waals surface area (Å²) < 4.78 is 11.7. The molecule has 0 bridgehead atoms. The number of benzene rings is 1. The number of halogens is 1. The zero-order chi connectivity index (χ0) is 10.5. The minimum atomic E-state index is 0.526. The summed E-state index contributed by atoms with van der Waals surface area (Å²) in [6.07, 6.45) is 0. The van der Waals surface area contributed by atoms with Crippen molar-refractivity contribution in [2.45, 2.75) is 6.04 Å². The largest absolute Gasteiger partial charge is 0.492 e. The molecule has 0 radical (unpaired) electrons. The second kappa shape index (κ2) is 5.49. The molecule has 0 saturated carbocycles. The standard InChI is InChI=1S/C11H14BrNO2/c12-9-1-3-11(4-2-9)15-6-5-13-10-7-14-8-10/h1-4,10,13H,5-8H2. The van der Waals surface area contributed by atoms with Crippen LogP contribution < -0.4 is 10.1 Å². The molecule has 1 fully saturated rings. The fourth-order valence-corrected chi connectivity index (χ4v) is 1.58. The summed E-state index contributed by atoms with van der Waals surface area (Å²) in [5.74, 6) is 0.907. The van der Waals surface area contributed by atoms with E-state index in [1.807, 2.05) is 24.3 Å². The zero-order valence-electron chi connectivity index (χ0n) is 8.41. The van der Waals surface area contributed by atoms with Crippen LogP contribution in [0.5, 0.6) is 5.75 Å². The highest BCUT2D eigenvalue weighted by molar-refractivity contribution is 9.10. The first-order valence-electron chi connectivity index (χ1n) is 5.04. The van der Waals surface area contributed by atoms with Crippen LogP contribution in [0.15, 0.2) is 28.7 Å². The lowest BCUT2D eigenvalue weighted by Crippen LogP contribution is -2.47. The molecule has 0 amide bonds. The molecule has 0 aliphatic carbocycles. The molecule has 1 aliphatic heterocycles. The van der Waals surface area contributed by atoms with E-state index >= 15 is 0 Å². The Labute approximate surface area is 97.9 Å². The second-order valence-electron chi connectivity index (χ2n) is 3.49. The van der Waals surface area contributed by atoms with Crippen LogP contribution in [0.3, 0.4) is 0 Å². The summed E-state index contributed by atoms with van der Waals surface area (Å²) >= 11 is 3.38. The summed E-state index contributed by atoms with van der Waals surface area (Å²) in [4.78, 5) is 0. The Bertz CT molecular complexity index is 298. The highest BCUT2D eigenvalue weighted by atomic mass is 79.9. The smallest absolute Gasteiger partial charge is 0.119 e. The molecule has 0 spiro atoms. The average Bonchev–Trinajstić information content (AvgIpc) is 2.18. The maximum absolute atomic E-state index is 5.56. The summed E-state index contributed by atoms with van der Waals surface area (Å²) in [6, 6.07) is 8.39. The SMILES string of the molecule is Brc1ccc(OCCNC2COC2)cc1. The van der Waals surface area contributed by atoms with Crippen LogP contribution in [0, 0.1) is 0 Å². The van der Waals surface area contributed by atoms with Crippen LogP contribution in [0.2, 0.25) is 0 Å². The van der Waals surface area contributed by atoms with Crippen molar-refractivity contribution in [1.82, 2.24) is 5.32 Å². The number of hydrogen-bond donors (Lipinski definition) is 1. The lowest BCUT2D eigenvalue weighted by molar-refractivity contribution is -0.00595. The van der Waals surface area contributed by atoms with E-state index in [4.69, 9.17) is 9.47 Å². The van der Waals surface area contributed by atoms with Gasteiger partial charge in [0.25, 0.3) is 0 Å². The maximum Gasteiger partial charge on any atom is 0.119 e. The first-order chi connectivity index (χ1) is 7.34. The Morgan fingerprint density at radius 1 is 1.33 bits per heavy atom. The third-order valence-electron chi connectivity index (χ3n) is 2.26. The Kier molecular flexibility index (Phi) is 4.00. The van der Waals surface area contributed by atoms with Gasteiger partial charge in [0.15, 0.2) is 0 Å². The van der Waals surface area contributed by atoms with E-state index in [0.29, 0.717) is 12.6 Å². The summed E-state index contributed by atoms with van der Waals surface area (Å²) in [6.45, 7) is 3.22. The molecule has 2 rings (SSSR count). The van der Waals surface area contributed by atoms with Gasteiger partial charge in [0.2, 0.25) is 0 Å². The van der Waals surface area contributed by atoms with Crippen molar-refractivity contribution in [3.8, 4) is 5.75 Å². The van der Waals surface area contributed by atoms with Gasteiger partial charge in [0, 0.05) is 11.0 Å². The molecule has 3 nitrogen and oxygen atoms in total. The molecule has 0 atom stereocenters. The van der Waals surface area contributed by atoms with Crippen molar-refractivity contribution in [1.29, 1.82) is 0 Å². The van der Waals surface area contributed by atoms with Crippen LogP contribution in [-0.2, 0) is 4.74 Å². The third kappa shape index (κ3) is 3.48. The van der Waals surface area contributed by atoms with Crippen molar-refractivity contribution in [3.63, 3.8) is 0 Å². The van der Waals surface area contributed by atoms with Crippen LogP contribution in [-0.4, -0.2) is 32.4 Å². The van der Waals surface area contributed by atoms with Gasteiger partial charge < -0.3 is 14.8 Å². The van der Waals surface area contributed by atoms with E-state index in [9.17, 15) is 0 Å². The van der Waals surface area contributed by atoms with Crippen LogP contribution in [0.1, 0.15) is 0 Å². The average molecular weight is 272 g/mol. The summed E-state index contributed by atoms with van der Waals surface area (Å²) in [5.41, 5.74) is 0.